The molecule has 2 rings (SSSR count). The standard InChI is InChI=1S/C13H12N2O2/c1-8-7-12(15-9(2)14-8)10-3-5-11(6-4-10)13(16)17/h3-7H,1-2H3,(H,16,17). The van der Waals surface area contributed by atoms with Gasteiger partial charge in [0.1, 0.15) is 5.82 Å². The van der Waals surface area contributed by atoms with E-state index in [1.807, 2.05) is 19.9 Å². The highest BCUT2D eigenvalue weighted by Crippen LogP contribution is 2.18. The predicted octanol–water partition coefficient (Wildman–Crippen LogP) is 2.46. The summed E-state index contributed by atoms with van der Waals surface area (Å²) in [5.74, 6) is -0.214. The molecule has 86 valence electrons. The second-order valence-corrected chi connectivity index (χ2v) is 3.82. The number of rotatable bonds is 2. The van der Waals surface area contributed by atoms with Crippen LogP contribution < -0.4 is 0 Å². The van der Waals surface area contributed by atoms with Gasteiger partial charge in [0.2, 0.25) is 0 Å². The number of aromatic carboxylic acids is 1. The average Bonchev–Trinajstić information content (AvgIpc) is 2.28. The van der Waals surface area contributed by atoms with Gasteiger partial charge in [-0.3, -0.25) is 0 Å². The molecule has 0 spiro atoms. The molecule has 0 saturated carbocycles. The Balaban J connectivity index is 2.43. The van der Waals surface area contributed by atoms with Crippen LogP contribution in [0, 0.1) is 13.8 Å². The van der Waals surface area contributed by atoms with Gasteiger partial charge in [-0.1, -0.05) is 12.1 Å². The zero-order valence-electron chi connectivity index (χ0n) is 9.64. The molecule has 0 saturated heterocycles. The third-order valence-electron chi connectivity index (χ3n) is 2.39. The largest absolute Gasteiger partial charge is 0.478 e. The molecule has 0 aliphatic rings. The molecule has 0 radical (unpaired) electrons. The molecule has 0 unspecified atom stereocenters. The van der Waals surface area contributed by atoms with Gasteiger partial charge in [0.25, 0.3) is 0 Å². The molecule has 0 aliphatic carbocycles. The Hall–Kier alpha value is -2.23. The number of benzene rings is 1. The molecule has 4 nitrogen and oxygen atoms in total. The molecule has 2 aromatic rings. The summed E-state index contributed by atoms with van der Waals surface area (Å²) in [6.07, 6.45) is 0. The third kappa shape index (κ3) is 2.47. The lowest BCUT2D eigenvalue weighted by molar-refractivity contribution is 0.0697. The van der Waals surface area contributed by atoms with Crippen LogP contribution in [0.25, 0.3) is 11.3 Å². The zero-order valence-corrected chi connectivity index (χ0v) is 9.64. The number of aryl methyl sites for hydroxylation is 2. The van der Waals surface area contributed by atoms with Gasteiger partial charge < -0.3 is 5.11 Å². The number of hydrogen-bond donors (Lipinski definition) is 1. The summed E-state index contributed by atoms with van der Waals surface area (Å²) in [6, 6.07) is 8.53. The molecule has 1 N–H and O–H groups in total. The molecule has 4 heteroatoms. The van der Waals surface area contributed by atoms with E-state index in [1.54, 1.807) is 24.3 Å². The van der Waals surface area contributed by atoms with Crippen LogP contribution in [-0.4, -0.2) is 21.0 Å². The number of nitrogens with zero attached hydrogens (tertiary/aromatic N) is 2. The molecule has 1 aromatic carbocycles. The maximum atomic E-state index is 10.7. The van der Waals surface area contributed by atoms with E-state index < -0.39 is 5.97 Å². The van der Waals surface area contributed by atoms with Crippen molar-refractivity contribution in [3.63, 3.8) is 0 Å². The highest BCUT2D eigenvalue weighted by Gasteiger charge is 2.05. The highest BCUT2D eigenvalue weighted by atomic mass is 16.4. The first-order chi connectivity index (χ1) is 8.06. The summed E-state index contributed by atoms with van der Waals surface area (Å²) in [7, 11) is 0. The van der Waals surface area contributed by atoms with Crippen LogP contribution in [0.3, 0.4) is 0 Å². The van der Waals surface area contributed by atoms with Crippen molar-refractivity contribution in [3.05, 3.63) is 47.4 Å². The van der Waals surface area contributed by atoms with Crippen molar-refractivity contribution < 1.29 is 9.90 Å². The molecule has 1 heterocycles. The number of carboxylic acids is 1. The van der Waals surface area contributed by atoms with Gasteiger partial charge in [-0.05, 0) is 32.0 Å². The maximum absolute atomic E-state index is 10.7. The first-order valence-electron chi connectivity index (χ1n) is 5.22. The minimum atomic E-state index is -0.924. The van der Waals surface area contributed by atoms with E-state index in [0.717, 1.165) is 17.0 Å². The second-order valence-electron chi connectivity index (χ2n) is 3.82. The Morgan fingerprint density at radius 3 is 2.29 bits per heavy atom. The van der Waals surface area contributed by atoms with Crippen LogP contribution in [0.2, 0.25) is 0 Å². The molecule has 0 aliphatic heterocycles. The number of hydrogen-bond acceptors (Lipinski definition) is 3. The van der Waals surface area contributed by atoms with Crippen molar-refractivity contribution in [2.45, 2.75) is 13.8 Å². The first kappa shape index (κ1) is 11.3. The lowest BCUT2D eigenvalue weighted by Gasteiger charge is -2.04. The fraction of sp³-hybridized carbons (Fsp3) is 0.154. The van der Waals surface area contributed by atoms with Crippen LogP contribution in [0.1, 0.15) is 21.9 Å². The van der Waals surface area contributed by atoms with Gasteiger partial charge in [0.15, 0.2) is 0 Å². The second kappa shape index (κ2) is 4.33. The molecule has 0 fully saturated rings. The average molecular weight is 228 g/mol. The quantitative estimate of drug-likeness (QED) is 0.857. The van der Waals surface area contributed by atoms with Gasteiger partial charge in [-0.15, -0.1) is 0 Å². The Morgan fingerprint density at radius 2 is 1.76 bits per heavy atom. The molecule has 0 amide bonds. The number of carbonyl (C=O) groups is 1. The Morgan fingerprint density at radius 1 is 1.12 bits per heavy atom. The number of carboxylic acid groups (broad SMARTS) is 1. The van der Waals surface area contributed by atoms with Crippen molar-refractivity contribution in [2.75, 3.05) is 0 Å². The van der Waals surface area contributed by atoms with E-state index in [4.69, 9.17) is 5.11 Å². The predicted molar refractivity (Wildman–Crippen MR) is 63.9 cm³/mol. The lowest BCUT2D eigenvalue weighted by atomic mass is 10.1. The van der Waals surface area contributed by atoms with E-state index in [2.05, 4.69) is 9.97 Å². The van der Waals surface area contributed by atoms with E-state index in [-0.39, 0.29) is 5.56 Å². The van der Waals surface area contributed by atoms with Crippen molar-refractivity contribution >= 4 is 5.97 Å². The van der Waals surface area contributed by atoms with Crippen molar-refractivity contribution in [1.29, 1.82) is 0 Å². The molecular formula is C13H12N2O2. The van der Waals surface area contributed by atoms with E-state index in [0.29, 0.717) is 5.82 Å². The maximum Gasteiger partial charge on any atom is 0.335 e. The number of aromatic nitrogens is 2. The van der Waals surface area contributed by atoms with Crippen molar-refractivity contribution in [1.82, 2.24) is 9.97 Å². The fourth-order valence-corrected chi connectivity index (χ4v) is 1.65. The zero-order chi connectivity index (χ0) is 12.4. The summed E-state index contributed by atoms with van der Waals surface area (Å²) < 4.78 is 0. The topological polar surface area (TPSA) is 63.1 Å². The van der Waals surface area contributed by atoms with Gasteiger partial charge in [0, 0.05) is 11.3 Å². The minimum Gasteiger partial charge on any atom is -0.478 e. The monoisotopic (exact) mass is 228 g/mol. The highest BCUT2D eigenvalue weighted by molar-refractivity contribution is 5.88. The van der Waals surface area contributed by atoms with E-state index in [9.17, 15) is 4.79 Å². The summed E-state index contributed by atoms with van der Waals surface area (Å²) in [5.41, 5.74) is 2.88. The molecular weight excluding hydrogens is 216 g/mol. The molecule has 0 atom stereocenters. The molecule has 1 aromatic heterocycles. The van der Waals surface area contributed by atoms with Crippen LogP contribution in [0.15, 0.2) is 30.3 Å². The van der Waals surface area contributed by atoms with Crippen LogP contribution >= 0.6 is 0 Å². The van der Waals surface area contributed by atoms with Gasteiger partial charge in [0.05, 0.1) is 11.3 Å². The van der Waals surface area contributed by atoms with Gasteiger partial charge in [-0.25, -0.2) is 14.8 Å². The Kier molecular flexibility index (Phi) is 2.87. The third-order valence-corrected chi connectivity index (χ3v) is 2.39. The molecule has 0 bridgehead atoms. The van der Waals surface area contributed by atoms with E-state index in [1.165, 1.54) is 0 Å². The van der Waals surface area contributed by atoms with Gasteiger partial charge >= 0.3 is 5.97 Å². The van der Waals surface area contributed by atoms with Crippen LogP contribution in [0.5, 0.6) is 0 Å². The van der Waals surface area contributed by atoms with Gasteiger partial charge in [-0.2, -0.15) is 0 Å². The smallest absolute Gasteiger partial charge is 0.335 e. The first-order valence-corrected chi connectivity index (χ1v) is 5.22. The summed E-state index contributed by atoms with van der Waals surface area (Å²) in [4.78, 5) is 19.3. The summed E-state index contributed by atoms with van der Waals surface area (Å²) in [5, 5.41) is 8.81. The lowest BCUT2D eigenvalue weighted by Crippen LogP contribution is -1.97. The minimum absolute atomic E-state index is 0.274. The Labute approximate surface area is 99.0 Å². The SMILES string of the molecule is Cc1cc(-c2ccc(C(=O)O)cc2)nc(C)n1. The summed E-state index contributed by atoms with van der Waals surface area (Å²) in [6.45, 7) is 3.74. The summed E-state index contributed by atoms with van der Waals surface area (Å²) >= 11 is 0. The van der Waals surface area contributed by atoms with Crippen LogP contribution in [-0.2, 0) is 0 Å². The molecule has 17 heavy (non-hydrogen) atoms. The van der Waals surface area contributed by atoms with E-state index >= 15 is 0 Å². The van der Waals surface area contributed by atoms with Crippen LogP contribution in [0.4, 0.5) is 0 Å². The Bertz CT molecular complexity index is 542. The normalized spacial score (nSPS) is 10.2. The fourth-order valence-electron chi connectivity index (χ4n) is 1.65. The van der Waals surface area contributed by atoms with Crippen molar-refractivity contribution in [2.24, 2.45) is 0 Å². The van der Waals surface area contributed by atoms with Crippen molar-refractivity contribution in [3.8, 4) is 11.3 Å².